The highest BCUT2D eigenvalue weighted by Gasteiger charge is 2.07. The third-order valence-electron chi connectivity index (χ3n) is 2.65. The van der Waals surface area contributed by atoms with Crippen LogP contribution in [-0.4, -0.2) is 22.2 Å². The van der Waals surface area contributed by atoms with Crippen molar-refractivity contribution in [1.82, 2.24) is 15.1 Å². The Hall–Kier alpha value is -2.37. The van der Waals surface area contributed by atoms with E-state index in [2.05, 4.69) is 10.4 Å². The van der Waals surface area contributed by atoms with Crippen LogP contribution in [0.15, 0.2) is 30.6 Å². The Labute approximate surface area is 110 Å². The molecule has 3 N–H and O–H groups in total. The van der Waals surface area contributed by atoms with Gasteiger partial charge in [0.05, 0.1) is 18.4 Å². The van der Waals surface area contributed by atoms with Crippen molar-refractivity contribution >= 4 is 11.6 Å². The van der Waals surface area contributed by atoms with Gasteiger partial charge in [-0.1, -0.05) is 0 Å². The molecule has 1 aromatic carbocycles. The van der Waals surface area contributed by atoms with Crippen LogP contribution in [0.1, 0.15) is 15.9 Å². The molecule has 6 heteroatoms. The first-order valence-corrected chi connectivity index (χ1v) is 5.88. The second kappa shape index (κ2) is 5.51. The highest BCUT2D eigenvalue weighted by Crippen LogP contribution is 2.11. The predicted octanol–water partition coefficient (Wildman–Crippen LogP) is 1.34. The van der Waals surface area contributed by atoms with Gasteiger partial charge in [-0.25, -0.2) is 4.39 Å². The van der Waals surface area contributed by atoms with Gasteiger partial charge in [0.1, 0.15) is 5.82 Å². The zero-order chi connectivity index (χ0) is 13.8. The lowest BCUT2D eigenvalue weighted by molar-refractivity contribution is 0.0951. The van der Waals surface area contributed by atoms with Gasteiger partial charge >= 0.3 is 0 Å². The summed E-state index contributed by atoms with van der Waals surface area (Å²) in [6, 6.07) is 4.00. The van der Waals surface area contributed by atoms with Crippen LogP contribution in [0.3, 0.4) is 0 Å². The zero-order valence-corrected chi connectivity index (χ0v) is 10.6. The molecule has 2 aromatic rings. The number of halogens is 1. The number of rotatable bonds is 4. The minimum atomic E-state index is -0.588. The Morgan fingerprint density at radius 2 is 2.32 bits per heavy atom. The van der Waals surface area contributed by atoms with E-state index in [-0.39, 0.29) is 17.2 Å². The van der Waals surface area contributed by atoms with Crippen molar-refractivity contribution in [2.24, 2.45) is 0 Å². The first kappa shape index (κ1) is 13.1. The van der Waals surface area contributed by atoms with Crippen LogP contribution in [0.2, 0.25) is 0 Å². The lowest BCUT2D eigenvalue weighted by Gasteiger charge is -2.06. The third-order valence-corrected chi connectivity index (χ3v) is 2.65. The van der Waals surface area contributed by atoms with Gasteiger partial charge in [-0.15, -0.1) is 0 Å². The summed E-state index contributed by atoms with van der Waals surface area (Å²) in [5.41, 5.74) is 6.70. The molecule has 19 heavy (non-hydrogen) atoms. The quantitative estimate of drug-likeness (QED) is 0.817. The van der Waals surface area contributed by atoms with Crippen molar-refractivity contribution in [2.45, 2.75) is 13.5 Å². The summed E-state index contributed by atoms with van der Waals surface area (Å²) in [5, 5.41) is 6.80. The summed E-state index contributed by atoms with van der Waals surface area (Å²) >= 11 is 0. The molecule has 1 heterocycles. The van der Waals surface area contributed by atoms with Crippen molar-refractivity contribution in [3.63, 3.8) is 0 Å². The summed E-state index contributed by atoms with van der Waals surface area (Å²) in [5.74, 6) is -0.918. The van der Waals surface area contributed by atoms with Gasteiger partial charge in [0.25, 0.3) is 5.91 Å². The van der Waals surface area contributed by atoms with E-state index in [0.717, 1.165) is 11.6 Å². The molecule has 0 aliphatic carbocycles. The zero-order valence-electron chi connectivity index (χ0n) is 10.6. The molecule has 100 valence electrons. The van der Waals surface area contributed by atoms with Crippen LogP contribution in [-0.2, 0) is 6.54 Å². The highest BCUT2D eigenvalue weighted by atomic mass is 19.1. The molecule has 1 aromatic heterocycles. The minimum absolute atomic E-state index is 0.0311. The fourth-order valence-electron chi connectivity index (χ4n) is 1.64. The number of aryl methyl sites for hydroxylation is 1. The van der Waals surface area contributed by atoms with E-state index in [1.165, 1.54) is 12.1 Å². The molecule has 1 amide bonds. The van der Waals surface area contributed by atoms with E-state index in [9.17, 15) is 9.18 Å². The van der Waals surface area contributed by atoms with Gasteiger partial charge in [0, 0.05) is 18.3 Å². The molecule has 0 spiro atoms. The number of benzene rings is 1. The first-order chi connectivity index (χ1) is 9.06. The second-order valence-electron chi connectivity index (χ2n) is 4.27. The van der Waals surface area contributed by atoms with Gasteiger partial charge in [0.15, 0.2) is 0 Å². The number of hydrogen-bond acceptors (Lipinski definition) is 3. The minimum Gasteiger partial charge on any atom is -0.396 e. The number of amides is 1. The Morgan fingerprint density at radius 3 is 2.95 bits per heavy atom. The van der Waals surface area contributed by atoms with E-state index >= 15 is 0 Å². The second-order valence-corrected chi connectivity index (χ2v) is 4.27. The maximum absolute atomic E-state index is 13.2. The molecule has 5 nitrogen and oxygen atoms in total. The van der Waals surface area contributed by atoms with Crippen molar-refractivity contribution in [3.8, 4) is 0 Å². The van der Waals surface area contributed by atoms with Crippen molar-refractivity contribution in [2.75, 3.05) is 12.3 Å². The van der Waals surface area contributed by atoms with Gasteiger partial charge in [-0.2, -0.15) is 5.10 Å². The van der Waals surface area contributed by atoms with Gasteiger partial charge in [-0.3, -0.25) is 9.48 Å². The largest absolute Gasteiger partial charge is 0.396 e. The monoisotopic (exact) mass is 262 g/mol. The van der Waals surface area contributed by atoms with Crippen LogP contribution >= 0.6 is 0 Å². The number of nitrogens with one attached hydrogen (secondary N) is 1. The van der Waals surface area contributed by atoms with Gasteiger partial charge in [-0.05, 0) is 30.7 Å². The van der Waals surface area contributed by atoms with Crippen molar-refractivity contribution in [3.05, 3.63) is 47.5 Å². The maximum atomic E-state index is 13.2. The Bertz CT molecular complexity index is 594. The molecule has 0 saturated heterocycles. The Kier molecular flexibility index (Phi) is 3.79. The van der Waals surface area contributed by atoms with Crippen LogP contribution in [0.5, 0.6) is 0 Å². The lowest BCUT2D eigenvalue weighted by atomic mass is 10.2. The summed E-state index contributed by atoms with van der Waals surface area (Å²) in [4.78, 5) is 11.8. The lowest BCUT2D eigenvalue weighted by Crippen LogP contribution is -2.27. The van der Waals surface area contributed by atoms with Gasteiger partial charge in [0.2, 0.25) is 0 Å². The molecule has 0 aliphatic heterocycles. The first-order valence-electron chi connectivity index (χ1n) is 5.88. The number of anilines is 1. The average Bonchev–Trinajstić information content (AvgIpc) is 2.78. The Morgan fingerprint density at radius 1 is 1.53 bits per heavy atom. The number of nitrogen functional groups attached to an aromatic ring is 1. The molecule has 0 aliphatic rings. The molecule has 2 rings (SSSR count). The van der Waals surface area contributed by atoms with Crippen molar-refractivity contribution in [1.29, 1.82) is 0 Å². The molecule has 0 atom stereocenters. The van der Waals surface area contributed by atoms with E-state index in [1.54, 1.807) is 10.9 Å². The van der Waals surface area contributed by atoms with Gasteiger partial charge < -0.3 is 11.1 Å². The number of nitrogens with two attached hydrogens (primary N) is 1. The Balaban J connectivity index is 1.89. The maximum Gasteiger partial charge on any atom is 0.251 e. The van der Waals surface area contributed by atoms with Crippen LogP contribution in [0.4, 0.5) is 10.1 Å². The number of carbonyl (C=O) groups is 1. The number of carbonyl (C=O) groups excluding carboxylic acids is 1. The average molecular weight is 262 g/mol. The van der Waals surface area contributed by atoms with E-state index < -0.39 is 5.82 Å². The molecular formula is C13H15FN4O. The summed E-state index contributed by atoms with van der Waals surface area (Å²) < 4.78 is 14.9. The smallest absolute Gasteiger partial charge is 0.251 e. The van der Waals surface area contributed by atoms with Crippen LogP contribution in [0, 0.1) is 12.7 Å². The standard InChI is InChI=1S/C13H15FN4O/c1-9-7-17-18(8-9)5-4-16-13(19)10-2-3-12(15)11(14)6-10/h2-3,6-8H,4-5,15H2,1H3,(H,16,19). The molecule has 0 saturated carbocycles. The van der Waals surface area contributed by atoms with Crippen LogP contribution < -0.4 is 11.1 Å². The van der Waals surface area contributed by atoms with E-state index in [4.69, 9.17) is 5.73 Å². The fourth-order valence-corrected chi connectivity index (χ4v) is 1.64. The molecule has 0 bridgehead atoms. The number of hydrogen-bond donors (Lipinski definition) is 2. The van der Waals surface area contributed by atoms with E-state index in [1.807, 2.05) is 13.1 Å². The summed E-state index contributed by atoms with van der Waals surface area (Å²) in [7, 11) is 0. The predicted molar refractivity (Wildman–Crippen MR) is 70.1 cm³/mol. The summed E-state index contributed by atoms with van der Waals surface area (Å²) in [6.45, 7) is 2.93. The number of nitrogens with zero attached hydrogens (tertiary/aromatic N) is 2. The normalized spacial score (nSPS) is 10.4. The molecule has 0 radical (unpaired) electrons. The molecular weight excluding hydrogens is 247 g/mol. The SMILES string of the molecule is Cc1cnn(CCNC(=O)c2ccc(N)c(F)c2)c1. The van der Waals surface area contributed by atoms with Crippen LogP contribution in [0.25, 0.3) is 0 Å². The van der Waals surface area contributed by atoms with Crippen molar-refractivity contribution < 1.29 is 9.18 Å². The fraction of sp³-hybridized carbons (Fsp3) is 0.231. The highest BCUT2D eigenvalue weighted by molar-refractivity contribution is 5.94. The number of aromatic nitrogens is 2. The topological polar surface area (TPSA) is 72.9 Å². The van der Waals surface area contributed by atoms with E-state index in [0.29, 0.717) is 13.1 Å². The molecule has 0 fully saturated rings. The molecule has 0 unspecified atom stereocenters. The third kappa shape index (κ3) is 3.31. The summed E-state index contributed by atoms with van der Waals surface area (Å²) in [6.07, 6.45) is 3.63.